The maximum absolute atomic E-state index is 15.1. The number of hydrogen-bond acceptors (Lipinski definition) is 2. The van der Waals surface area contributed by atoms with Crippen LogP contribution in [0.25, 0.3) is 22.4 Å². The van der Waals surface area contributed by atoms with Crippen LogP contribution < -0.4 is 5.32 Å². The van der Waals surface area contributed by atoms with Gasteiger partial charge < -0.3 is 9.88 Å². The molecule has 0 saturated heterocycles. The highest BCUT2D eigenvalue weighted by Crippen LogP contribution is 2.34. The van der Waals surface area contributed by atoms with Gasteiger partial charge in [-0.25, -0.2) is 13.8 Å². The monoisotopic (exact) mass is 479 g/mol. The van der Waals surface area contributed by atoms with E-state index in [0.29, 0.717) is 27.4 Å². The third-order valence-corrected chi connectivity index (χ3v) is 6.66. The minimum Gasteiger partial charge on any atom is -0.351 e. The van der Waals surface area contributed by atoms with Crippen molar-refractivity contribution in [2.75, 3.05) is 0 Å². The van der Waals surface area contributed by atoms with Crippen LogP contribution in [0, 0.1) is 11.6 Å². The van der Waals surface area contributed by atoms with Gasteiger partial charge in [0.2, 0.25) is 5.91 Å². The smallest absolute Gasteiger partial charge is 0.248 e. The summed E-state index contributed by atoms with van der Waals surface area (Å²) < 4.78 is 31.2. The molecule has 34 heavy (non-hydrogen) atoms. The summed E-state index contributed by atoms with van der Waals surface area (Å²) in [6.45, 7) is 0. The summed E-state index contributed by atoms with van der Waals surface area (Å²) in [4.78, 5) is 18.5. The van der Waals surface area contributed by atoms with Gasteiger partial charge in [-0.15, -0.1) is 0 Å². The van der Waals surface area contributed by atoms with Crippen molar-refractivity contribution in [3.8, 4) is 11.4 Å². The number of amides is 1. The summed E-state index contributed by atoms with van der Waals surface area (Å²) in [5.41, 5.74) is 1.99. The first-order valence-electron chi connectivity index (χ1n) is 11.5. The van der Waals surface area contributed by atoms with E-state index in [9.17, 15) is 9.18 Å². The molecule has 1 unspecified atom stereocenters. The predicted octanol–water partition coefficient (Wildman–Crippen LogP) is 6.67. The average Bonchev–Trinajstić information content (AvgIpc) is 3.22. The molecule has 7 heteroatoms. The molecule has 1 atom stereocenters. The molecule has 0 spiro atoms. The van der Waals surface area contributed by atoms with Crippen LogP contribution in [0.4, 0.5) is 8.78 Å². The number of rotatable bonds is 5. The molecule has 0 aliphatic heterocycles. The lowest BCUT2D eigenvalue weighted by atomic mass is 9.94. The number of fused-ring (bicyclic) bond motifs is 1. The zero-order valence-corrected chi connectivity index (χ0v) is 19.2. The lowest BCUT2D eigenvalue weighted by Crippen LogP contribution is -2.41. The van der Waals surface area contributed by atoms with E-state index >= 15 is 4.39 Å². The lowest BCUT2D eigenvalue weighted by Gasteiger charge is -2.27. The molecule has 174 valence electrons. The van der Waals surface area contributed by atoms with Crippen molar-refractivity contribution in [2.45, 2.75) is 44.2 Å². The highest BCUT2D eigenvalue weighted by molar-refractivity contribution is 6.30. The van der Waals surface area contributed by atoms with Crippen molar-refractivity contribution >= 4 is 28.5 Å². The highest BCUT2D eigenvalue weighted by Gasteiger charge is 2.32. The van der Waals surface area contributed by atoms with E-state index < -0.39 is 17.7 Å². The molecule has 1 heterocycles. The summed E-state index contributed by atoms with van der Waals surface area (Å²) in [6.07, 6.45) is 4.96. The molecule has 3 aromatic carbocycles. The molecular weight excluding hydrogens is 456 g/mol. The van der Waals surface area contributed by atoms with E-state index in [1.807, 2.05) is 24.3 Å². The second-order valence-electron chi connectivity index (χ2n) is 8.71. The molecule has 1 saturated carbocycles. The van der Waals surface area contributed by atoms with Gasteiger partial charge >= 0.3 is 0 Å². The van der Waals surface area contributed by atoms with Crippen LogP contribution in [0.15, 0.2) is 66.7 Å². The Morgan fingerprint density at radius 1 is 1.00 bits per heavy atom. The number of benzene rings is 3. The molecule has 5 rings (SSSR count). The lowest BCUT2D eigenvalue weighted by molar-refractivity contribution is -0.124. The summed E-state index contributed by atoms with van der Waals surface area (Å²) in [7, 11) is 0. The number of carbonyl (C=O) groups is 1. The second kappa shape index (κ2) is 9.55. The van der Waals surface area contributed by atoms with E-state index in [1.54, 1.807) is 28.8 Å². The van der Waals surface area contributed by atoms with Crippen LogP contribution in [0.5, 0.6) is 0 Å². The highest BCUT2D eigenvalue weighted by atomic mass is 35.5. The van der Waals surface area contributed by atoms with Gasteiger partial charge in [0.25, 0.3) is 0 Å². The van der Waals surface area contributed by atoms with Crippen LogP contribution in [-0.4, -0.2) is 21.5 Å². The third-order valence-electron chi connectivity index (χ3n) is 6.41. The van der Waals surface area contributed by atoms with Crippen LogP contribution >= 0.6 is 11.6 Å². The Morgan fingerprint density at radius 2 is 1.74 bits per heavy atom. The van der Waals surface area contributed by atoms with Crippen LogP contribution in [0.3, 0.4) is 0 Å². The first-order valence-corrected chi connectivity index (χ1v) is 11.9. The number of aromatic nitrogens is 2. The summed E-state index contributed by atoms with van der Waals surface area (Å²) in [5.74, 6) is -1.16. The minimum absolute atomic E-state index is 0.00846. The molecule has 1 fully saturated rings. The number of hydrogen-bond donors (Lipinski definition) is 1. The Bertz CT molecular complexity index is 1330. The van der Waals surface area contributed by atoms with E-state index in [0.717, 1.165) is 50.3 Å². The molecule has 4 aromatic rings. The Hall–Kier alpha value is -3.25. The quantitative estimate of drug-likeness (QED) is 0.347. The molecule has 1 N–H and O–H groups in total. The van der Waals surface area contributed by atoms with Gasteiger partial charge in [0.1, 0.15) is 23.5 Å². The maximum Gasteiger partial charge on any atom is 0.248 e. The fraction of sp³-hybridized carbons (Fsp3) is 0.259. The van der Waals surface area contributed by atoms with Crippen molar-refractivity contribution in [1.29, 1.82) is 0 Å². The third kappa shape index (κ3) is 4.42. The summed E-state index contributed by atoms with van der Waals surface area (Å²) >= 11 is 6.09. The van der Waals surface area contributed by atoms with Crippen molar-refractivity contribution in [2.24, 2.45) is 0 Å². The first kappa shape index (κ1) is 22.5. The zero-order valence-electron chi connectivity index (χ0n) is 18.5. The molecule has 1 aromatic heterocycles. The fourth-order valence-electron chi connectivity index (χ4n) is 4.76. The predicted molar refractivity (Wildman–Crippen MR) is 130 cm³/mol. The van der Waals surface area contributed by atoms with Crippen molar-refractivity contribution in [1.82, 2.24) is 14.9 Å². The zero-order chi connectivity index (χ0) is 23.7. The van der Waals surface area contributed by atoms with Gasteiger partial charge in [-0.3, -0.25) is 4.79 Å². The molecular formula is C27H24ClF2N3O. The number of para-hydroxylation sites is 2. The number of nitrogens with one attached hydrogen (secondary N) is 1. The normalized spacial score (nSPS) is 15.4. The van der Waals surface area contributed by atoms with Gasteiger partial charge in [-0.2, -0.15) is 0 Å². The number of imidazole rings is 1. The number of carbonyl (C=O) groups excluding carboxylic acids is 1. The van der Waals surface area contributed by atoms with Crippen molar-refractivity contribution < 1.29 is 13.6 Å². The molecule has 0 radical (unpaired) electrons. The SMILES string of the molecule is O=C(NC1CCCCC1)C(c1cc(F)ccc1F)n1c(-c2ccc(Cl)cc2)nc2ccccc21. The van der Waals surface area contributed by atoms with Crippen LogP contribution in [0.1, 0.15) is 43.7 Å². The van der Waals surface area contributed by atoms with E-state index in [1.165, 1.54) is 0 Å². The van der Waals surface area contributed by atoms with E-state index in [2.05, 4.69) is 5.32 Å². The largest absolute Gasteiger partial charge is 0.351 e. The number of nitrogens with zero attached hydrogens (tertiary/aromatic N) is 2. The molecule has 1 aliphatic rings. The van der Waals surface area contributed by atoms with Crippen LogP contribution in [-0.2, 0) is 4.79 Å². The second-order valence-corrected chi connectivity index (χ2v) is 9.15. The van der Waals surface area contributed by atoms with Gasteiger partial charge in [-0.05, 0) is 67.4 Å². The number of halogens is 3. The standard InChI is InChI=1S/C27H24ClF2N3O/c28-18-12-10-17(11-13-18)26-32-23-8-4-5-9-24(23)33(26)25(21-16-19(29)14-15-22(21)30)27(34)31-20-6-2-1-3-7-20/h4-5,8-16,20,25H,1-3,6-7H2,(H,31,34). The Balaban J connectivity index is 1.71. The van der Waals surface area contributed by atoms with Crippen molar-refractivity contribution in [3.05, 3.63) is 89.0 Å². The van der Waals surface area contributed by atoms with Gasteiger partial charge in [0.15, 0.2) is 0 Å². The van der Waals surface area contributed by atoms with Gasteiger partial charge in [0.05, 0.1) is 11.0 Å². The molecule has 0 bridgehead atoms. The minimum atomic E-state index is -1.14. The molecule has 1 aliphatic carbocycles. The summed E-state index contributed by atoms with van der Waals surface area (Å²) in [5, 5.41) is 3.67. The first-order chi connectivity index (χ1) is 16.5. The van der Waals surface area contributed by atoms with Gasteiger partial charge in [0, 0.05) is 22.2 Å². The molecule has 4 nitrogen and oxygen atoms in total. The van der Waals surface area contributed by atoms with Crippen molar-refractivity contribution in [3.63, 3.8) is 0 Å². The van der Waals surface area contributed by atoms with Gasteiger partial charge in [-0.1, -0.05) is 43.0 Å². The maximum atomic E-state index is 15.1. The average molecular weight is 480 g/mol. The summed E-state index contributed by atoms with van der Waals surface area (Å²) in [6, 6.07) is 16.5. The Labute approximate surface area is 201 Å². The molecule has 1 amide bonds. The van der Waals surface area contributed by atoms with E-state index in [4.69, 9.17) is 16.6 Å². The van der Waals surface area contributed by atoms with E-state index in [-0.39, 0.29) is 17.5 Å². The fourth-order valence-corrected chi connectivity index (χ4v) is 4.88. The van der Waals surface area contributed by atoms with Crippen LogP contribution in [0.2, 0.25) is 5.02 Å². The Morgan fingerprint density at radius 3 is 2.50 bits per heavy atom. The Kier molecular flexibility index (Phi) is 6.33. The topological polar surface area (TPSA) is 46.9 Å².